The van der Waals surface area contributed by atoms with E-state index in [1.807, 2.05) is 25.1 Å². The molecule has 0 aliphatic heterocycles. The predicted molar refractivity (Wildman–Crippen MR) is 85.0 cm³/mol. The summed E-state index contributed by atoms with van der Waals surface area (Å²) in [6.07, 6.45) is 5.08. The fourth-order valence-corrected chi connectivity index (χ4v) is 3.05. The van der Waals surface area contributed by atoms with Crippen LogP contribution in [0.2, 0.25) is 0 Å². The molecule has 21 heavy (non-hydrogen) atoms. The zero-order valence-electron chi connectivity index (χ0n) is 12.8. The first-order valence-electron chi connectivity index (χ1n) is 7.63. The van der Waals surface area contributed by atoms with Crippen LogP contribution in [-0.2, 0) is 4.79 Å². The second-order valence-corrected chi connectivity index (χ2v) is 5.80. The van der Waals surface area contributed by atoms with Crippen molar-refractivity contribution in [1.82, 2.24) is 0 Å². The molecule has 1 aliphatic carbocycles. The molecule has 0 unspecified atom stereocenters. The number of aliphatic hydroxyl groups is 1. The number of hydrogen-bond donors (Lipinski definition) is 2. The standard InChI is InChI=1S/C18H23NO2/c1-3-18(10-4-5-11-18)17(21)19-16-13-14(2)8-9-15(16)7-6-12-20/h8-9,13,20H,3-5,10-12H2,1-2H3,(H,19,21). The molecule has 1 aliphatic rings. The van der Waals surface area contributed by atoms with Crippen molar-refractivity contribution in [2.24, 2.45) is 5.41 Å². The number of aliphatic hydroxyl groups excluding tert-OH is 1. The van der Waals surface area contributed by atoms with Gasteiger partial charge in [0.25, 0.3) is 0 Å². The van der Waals surface area contributed by atoms with Gasteiger partial charge in [-0.05, 0) is 43.9 Å². The SMILES string of the molecule is CCC1(C(=O)Nc2cc(C)ccc2C#CCO)CCCC1. The van der Waals surface area contributed by atoms with Crippen LogP contribution in [0.5, 0.6) is 0 Å². The minimum absolute atomic E-state index is 0.111. The van der Waals surface area contributed by atoms with E-state index in [2.05, 4.69) is 24.1 Å². The van der Waals surface area contributed by atoms with Crippen LogP contribution >= 0.6 is 0 Å². The first kappa shape index (κ1) is 15.6. The van der Waals surface area contributed by atoms with E-state index < -0.39 is 0 Å². The lowest BCUT2D eigenvalue weighted by molar-refractivity contribution is -0.125. The second-order valence-electron chi connectivity index (χ2n) is 5.80. The summed E-state index contributed by atoms with van der Waals surface area (Å²) in [4.78, 5) is 12.7. The van der Waals surface area contributed by atoms with Crippen LogP contribution in [0.25, 0.3) is 0 Å². The lowest BCUT2D eigenvalue weighted by Gasteiger charge is -2.26. The van der Waals surface area contributed by atoms with Crippen LogP contribution < -0.4 is 5.32 Å². The molecular weight excluding hydrogens is 262 g/mol. The molecule has 1 aromatic rings. The molecule has 0 heterocycles. The summed E-state index contributed by atoms with van der Waals surface area (Å²) in [6, 6.07) is 5.79. The predicted octanol–water partition coefficient (Wildman–Crippen LogP) is 3.25. The number of anilines is 1. The lowest BCUT2D eigenvalue weighted by atomic mass is 9.82. The van der Waals surface area contributed by atoms with Gasteiger partial charge in [0.15, 0.2) is 0 Å². The van der Waals surface area contributed by atoms with Gasteiger partial charge in [0.05, 0.1) is 5.69 Å². The monoisotopic (exact) mass is 285 g/mol. The van der Waals surface area contributed by atoms with Gasteiger partial charge in [-0.15, -0.1) is 0 Å². The van der Waals surface area contributed by atoms with Crippen molar-refractivity contribution >= 4 is 11.6 Å². The summed E-state index contributed by atoms with van der Waals surface area (Å²) >= 11 is 0. The van der Waals surface area contributed by atoms with Gasteiger partial charge in [-0.3, -0.25) is 4.79 Å². The normalized spacial score (nSPS) is 16.1. The van der Waals surface area contributed by atoms with Gasteiger partial charge in [-0.1, -0.05) is 37.7 Å². The summed E-state index contributed by atoms with van der Waals surface area (Å²) in [6.45, 7) is 3.90. The van der Waals surface area contributed by atoms with Crippen LogP contribution in [0.3, 0.4) is 0 Å². The molecule has 0 atom stereocenters. The maximum absolute atomic E-state index is 12.7. The van der Waals surface area contributed by atoms with Crippen molar-refractivity contribution in [3.05, 3.63) is 29.3 Å². The van der Waals surface area contributed by atoms with Crippen molar-refractivity contribution in [3.8, 4) is 11.8 Å². The Bertz CT molecular complexity index is 575. The largest absolute Gasteiger partial charge is 0.384 e. The van der Waals surface area contributed by atoms with Crippen LogP contribution in [0.15, 0.2) is 18.2 Å². The van der Waals surface area contributed by atoms with E-state index in [0.717, 1.165) is 48.9 Å². The Morgan fingerprint density at radius 2 is 2.10 bits per heavy atom. The first-order chi connectivity index (χ1) is 10.1. The van der Waals surface area contributed by atoms with Crippen molar-refractivity contribution < 1.29 is 9.90 Å². The van der Waals surface area contributed by atoms with Crippen LogP contribution in [0.1, 0.15) is 50.2 Å². The number of amides is 1. The Labute approximate surface area is 126 Å². The fraction of sp³-hybridized carbons (Fsp3) is 0.500. The number of nitrogens with one attached hydrogen (secondary N) is 1. The molecule has 3 heteroatoms. The molecule has 3 nitrogen and oxygen atoms in total. The summed E-state index contributed by atoms with van der Waals surface area (Å²) in [7, 11) is 0. The fourth-order valence-electron chi connectivity index (χ4n) is 3.05. The third-order valence-electron chi connectivity index (χ3n) is 4.44. The topological polar surface area (TPSA) is 49.3 Å². The summed E-state index contributed by atoms with van der Waals surface area (Å²) < 4.78 is 0. The minimum Gasteiger partial charge on any atom is -0.384 e. The minimum atomic E-state index is -0.217. The molecule has 0 aromatic heterocycles. The maximum atomic E-state index is 12.7. The number of rotatable bonds is 3. The number of hydrogen-bond acceptors (Lipinski definition) is 2. The highest BCUT2D eigenvalue weighted by molar-refractivity contribution is 5.96. The highest BCUT2D eigenvalue weighted by Crippen LogP contribution is 2.42. The van der Waals surface area contributed by atoms with E-state index in [-0.39, 0.29) is 17.9 Å². The van der Waals surface area contributed by atoms with Crippen LogP contribution in [-0.4, -0.2) is 17.6 Å². The molecule has 1 aromatic carbocycles. The van der Waals surface area contributed by atoms with E-state index in [0.29, 0.717) is 0 Å². The number of carbonyl (C=O) groups is 1. The molecule has 0 spiro atoms. The second kappa shape index (κ2) is 6.78. The van der Waals surface area contributed by atoms with Gasteiger partial charge in [0.2, 0.25) is 5.91 Å². The average Bonchev–Trinajstić information content (AvgIpc) is 2.96. The highest BCUT2D eigenvalue weighted by atomic mass is 16.2. The number of benzene rings is 1. The zero-order valence-corrected chi connectivity index (χ0v) is 12.8. The van der Waals surface area contributed by atoms with Gasteiger partial charge >= 0.3 is 0 Å². The van der Waals surface area contributed by atoms with Gasteiger partial charge in [-0.25, -0.2) is 0 Å². The molecular formula is C18H23NO2. The molecule has 2 rings (SSSR count). The van der Waals surface area contributed by atoms with E-state index >= 15 is 0 Å². The van der Waals surface area contributed by atoms with Gasteiger partial charge < -0.3 is 10.4 Å². The molecule has 2 N–H and O–H groups in total. The van der Waals surface area contributed by atoms with E-state index in [1.165, 1.54) is 0 Å². The summed E-state index contributed by atoms with van der Waals surface area (Å²) in [5.41, 5.74) is 2.37. The Kier molecular flexibility index (Phi) is 5.03. The Morgan fingerprint density at radius 3 is 2.71 bits per heavy atom. The Morgan fingerprint density at radius 1 is 1.38 bits per heavy atom. The Hall–Kier alpha value is -1.79. The van der Waals surface area contributed by atoms with E-state index in [4.69, 9.17) is 5.11 Å². The van der Waals surface area contributed by atoms with Crippen molar-refractivity contribution in [1.29, 1.82) is 0 Å². The molecule has 1 fully saturated rings. The molecule has 0 saturated heterocycles. The van der Waals surface area contributed by atoms with Crippen molar-refractivity contribution in [2.75, 3.05) is 11.9 Å². The zero-order chi connectivity index (χ0) is 15.3. The average molecular weight is 285 g/mol. The summed E-state index contributed by atoms with van der Waals surface area (Å²) in [5.74, 6) is 5.66. The Balaban J connectivity index is 2.25. The first-order valence-corrected chi connectivity index (χ1v) is 7.63. The maximum Gasteiger partial charge on any atom is 0.230 e. The molecule has 0 radical (unpaired) electrons. The quantitative estimate of drug-likeness (QED) is 0.838. The van der Waals surface area contributed by atoms with Gasteiger partial charge in [0, 0.05) is 11.0 Å². The van der Waals surface area contributed by atoms with Gasteiger partial charge in [-0.2, -0.15) is 0 Å². The van der Waals surface area contributed by atoms with Crippen molar-refractivity contribution in [3.63, 3.8) is 0 Å². The molecule has 1 saturated carbocycles. The third-order valence-corrected chi connectivity index (χ3v) is 4.44. The van der Waals surface area contributed by atoms with Crippen LogP contribution in [0.4, 0.5) is 5.69 Å². The van der Waals surface area contributed by atoms with E-state index in [9.17, 15) is 4.79 Å². The highest BCUT2D eigenvalue weighted by Gasteiger charge is 2.39. The summed E-state index contributed by atoms with van der Waals surface area (Å²) in [5, 5.41) is 11.9. The van der Waals surface area contributed by atoms with Crippen LogP contribution in [0, 0.1) is 24.2 Å². The van der Waals surface area contributed by atoms with Crippen molar-refractivity contribution in [2.45, 2.75) is 46.0 Å². The molecule has 0 bridgehead atoms. The molecule has 1 amide bonds. The van der Waals surface area contributed by atoms with E-state index in [1.54, 1.807) is 0 Å². The van der Waals surface area contributed by atoms with Gasteiger partial charge in [0.1, 0.15) is 6.61 Å². The number of aryl methyl sites for hydroxylation is 1. The third kappa shape index (κ3) is 3.46. The number of carbonyl (C=O) groups excluding carboxylic acids is 1. The lowest BCUT2D eigenvalue weighted by Crippen LogP contribution is -2.33. The molecule has 112 valence electrons. The smallest absolute Gasteiger partial charge is 0.230 e.